The Balaban J connectivity index is 1.65. The molecule has 0 atom stereocenters. The molecule has 0 unspecified atom stereocenters. The highest BCUT2D eigenvalue weighted by Gasteiger charge is 2.00. The number of thioether (sulfide) groups is 1. The third-order valence-electron chi connectivity index (χ3n) is 2.78. The number of guanidine groups is 1. The van der Waals surface area contributed by atoms with E-state index in [9.17, 15) is 0 Å². The number of aromatic nitrogens is 1. The molecule has 2 aromatic rings. The van der Waals surface area contributed by atoms with E-state index in [4.69, 9.17) is 17.3 Å². The van der Waals surface area contributed by atoms with E-state index >= 15 is 0 Å². The Bertz CT molecular complexity index is 661. The molecule has 1 heterocycles. The average Bonchev–Trinajstić information content (AvgIpc) is 2.57. The molecule has 0 spiro atoms. The number of halogens is 1. The number of aliphatic imine (C=N–C) groups is 1. The standard InChI is InChI=1S/C16H18ClN5S/c17-14-7-4-8-19-15(14)12-23-10-9-20-16(18)22-21-11-13-5-2-1-3-6-13/h1-8,11H,9-10,12H2,(H3,18,20,22). The van der Waals surface area contributed by atoms with Crippen molar-refractivity contribution in [1.82, 2.24) is 10.4 Å². The van der Waals surface area contributed by atoms with Crippen molar-refractivity contribution < 1.29 is 0 Å². The van der Waals surface area contributed by atoms with E-state index in [0.717, 1.165) is 22.8 Å². The number of nitrogens with two attached hydrogens (primary N) is 1. The van der Waals surface area contributed by atoms with Gasteiger partial charge in [-0.2, -0.15) is 16.9 Å². The Morgan fingerprint density at radius 3 is 2.87 bits per heavy atom. The zero-order chi connectivity index (χ0) is 16.3. The molecule has 0 fully saturated rings. The minimum Gasteiger partial charge on any atom is -0.369 e. The first-order chi connectivity index (χ1) is 11.3. The zero-order valence-electron chi connectivity index (χ0n) is 12.5. The van der Waals surface area contributed by atoms with Gasteiger partial charge in [-0.1, -0.05) is 41.9 Å². The topological polar surface area (TPSA) is 75.7 Å². The van der Waals surface area contributed by atoms with Gasteiger partial charge in [0, 0.05) is 17.7 Å². The van der Waals surface area contributed by atoms with Crippen LogP contribution in [0.5, 0.6) is 0 Å². The van der Waals surface area contributed by atoms with Crippen LogP contribution in [0.1, 0.15) is 11.3 Å². The minimum atomic E-state index is 0.300. The number of nitrogens with one attached hydrogen (secondary N) is 1. The van der Waals surface area contributed by atoms with Gasteiger partial charge in [0.15, 0.2) is 0 Å². The van der Waals surface area contributed by atoms with Crippen LogP contribution in [0.4, 0.5) is 0 Å². The second kappa shape index (κ2) is 9.86. The number of nitrogens with zero attached hydrogens (tertiary/aromatic N) is 3. The van der Waals surface area contributed by atoms with Crippen molar-refractivity contribution in [2.24, 2.45) is 15.8 Å². The number of hydrogen-bond acceptors (Lipinski definition) is 4. The van der Waals surface area contributed by atoms with E-state index in [2.05, 4.69) is 20.5 Å². The fraction of sp³-hybridized carbons (Fsp3) is 0.188. The molecule has 5 nitrogen and oxygen atoms in total. The van der Waals surface area contributed by atoms with Crippen molar-refractivity contribution in [3.63, 3.8) is 0 Å². The lowest BCUT2D eigenvalue weighted by molar-refractivity contribution is 0.983. The Morgan fingerprint density at radius 2 is 2.09 bits per heavy atom. The van der Waals surface area contributed by atoms with E-state index in [1.54, 1.807) is 24.2 Å². The monoisotopic (exact) mass is 347 g/mol. The van der Waals surface area contributed by atoms with Gasteiger partial charge in [-0.25, -0.2) is 5.43 Å². The molecule has 0 saturated heterocycles. The van der Waals surface area contributed by atoms with Crippen molar-refractivity contribution in [3.05, 3.63) is 64.9 Å². The first kappa shape index (κ1) is 17.3. The Hall–Kier alpha value is -2.05. The van der Waals surface area contributed by atoms with Gasteiger partial charge in [-0.3, -0.25) is 9.98 Å². The molecular weight excluding hydrogens is 330 g/mol. The van der Waals surface area contributed by atoms with Gasteiger partial charge in [-0.05, 0) is 17.7 Å². The zero-order valence-corrected chi connectivity index (χ0v) is 14.1. The largest absolute Gasteiger partial charge is 0.369 e. The highest BCUT2D eigenvalue weighted by Crippen LogP contribution is 2.18. The summed E-state index contributed by atoms with van der Waals surface area (Å²) in [6.45, 7) is 0.606. The third-order valence-corrected chi connectivity index (χ3v) is 4.08. The Labute approximate surface area is 145 Å². The van der Waals surface area contributed by atoms with Crippen LogP contribution in [0.2, 0.25) is 5.02 Å². The predicted octanol–water partition coefficient (Wildman–Crippen LogP) is 2.91. The van der Waals surface area contributed by atoms with E-state index in [1.807, 2.05) is 42.5 Å². The first-order valence-electron chi connectivity index (χ1n) is 7.07. The summed E-state index contributed by atoms with van der Waals surface area (Å²) in [6, 6.07) is 13.4. The molecular formula is C16H18ClN5S. The van der Waals surface area contributed by atoms with Crippen molar-refractivity contribution in [3.8, 4) is 0 Å². The van der Waals surface area contributed by atoms with Gasteiger partial charge in [0.1, 0.15) is 0 Å². The summed E-state index contributed by atoms with van der Waals surface area (Å²) < 4.78 is 0. The highest BCUT2D eigenvalue weighted by molar-refractivity contribution is 7.98. The van der Waals surface area contributed by atoms with E-state index in [1.165, 1.54) is 0 Å². The summed E-state index contributed by atoms with van der Waals surface area (Å²) in [6.07, 6.45) is 3.44. The van der Waals surface area contributed by atoms with Gasteiger partial charge in [-0.15, -0.1) is 0 Å². The van der Waals surface area contributed by atoms with Crippen LogP contribution in [-0.2, 0) is 5.75 Å². The normalized spacial score (nSPS) is 11.8. The fourth-order valence-electron chi connectivity index (χ4n) is 1.67. The second-order valence-corrected chi connectivity index (χ2v) is 6.04. The van der Waals surface area contributed by atoms with E-state index < -0.39 is 0 Å². The molecule has 7 heteroatoms. The quantitative estimate of drug-likeness (QED) is 0.349. The molecule has 0 aliphatic carbocycles. The van der Waals surface area contributed by atoms with Crippen LogP contribution in [-0.4, -0.2) is 29.5 Å². The molecule has 0 radical (unpaired) electrons. The van der Waals surface area contributed by atoms with E-state index in [-0.39, 0.29) is 0 Å². The second-order valence-electron chi connectivity index (χ2n) is 4.53. The highest BCUT2D eigenvalue weighted by atomic mass is 35.5. The molecule has 1 aromatic carbocycles. The maximum Gasteiger partial charge on any atom is 0.209 e. The molecule has 0 amide bonds. The van der Waals surface area contributed by atoms with Gasteiger partial charge in [0.05, 0.1) is 23.5 Å². The van der Waals surface area contributed by atoms with Crippen molar-refractivity contribution in [2.75, 3.05) is 12.3 Å². The molecule has 120 valence electrons. The minimum absolute atomic E-state index is 0.300. The summed E-state index contributed by atoms with van der Waals surface area (Å²) in [5, 5.41) is 4.73. The van der Waals surface area contributed by atoms with Gasteiger partial charge >= 0.3 is 0 Å². The smallest absolute Gasteiger partial charge is 0.209 e. The van der Waals surface area contributed by atoms with Crippen LogP contribution in [0.25, 0.3) is 0 Å². The Kier molecular flexibility index (Phi) is 7.42. The maximum absolute atomic E-state index is 6.05. The number of pyridine rings is 1. The molecule has 0 aliphatic heterocycles. The Morgan fingerprint density at radius 1 is 1.26 bits per heavy atom. The lowest BCUT2D eigenvalue weighted by Gasteiger charge is -2.02. The van der Waals surface area contributed by atoms with Gasteiger partial charge in [0.25, 0.3) is 0 Å². The molecule has 1 aromatic heterocycles. The number of hydrazone groups is 1. The number of hydrogen-bond donors (Lipinski definition) is 2. The van der Waals surface area contributed by atoms with Gasteiger partial charge in [0.2, 0.25) is 5.96 Å². The summed E-state index contributed by atoms with van der Waals surface area (Å²) in [7, 11) is 0. The van der Waals surface area contributed by atoms with Crippen molar-refractivity contribution >= 4 is 35.5 Å². The molecule has 0 aliphatic rings. The summed E-state index contributed by atoms with van der Waals surface area (Å²) in [5.41, 5.74) is 10.3. The van der Waals surface area contributed by atoms with Crippen molar-refractivity contribution in [1.29, 1.82) is 0 Å². The number of rotatable bonds is 7. The fourth-order valence-corrected chi connectivity index (χ4v) is 2.73. The maximum atomic E-state index is 6.05. The van der Waals surface area contributed by atoms with Crippen LogP contribution < -0.4 is 11.2 Å². The molecule has 0 bridgehead atoms. The first-order valence-corrected chi connectivity index (χ1v) is 8.60. The SMILES string of the molecule is NC(=NCCSCc1ncccc1Cl)NN=Cc1ccccc1. The molecule has 2 rings (SSSR count). The van der Waals surface area contributed by atoms with Crippen LogP contribution in [0, 0.1) is 0 Å². The van der Waals surface area contributed by atoms with Crippen molar-refractivity contribution in [2.45, 2.75) is 5.75 Å². The summed E-state index contributed by atoms with van der Waals surface area (Å²) >= 11 is 7.75. The average molecular weight is 348 g/mol. The lowest BCUT2D eigenvalue weighted by Crippen LogP contribution is -2.27. The van der Waals surface area contributed by atoms with Crippen LogP contribution in [0.3, 0.4) is 0 Å². The lowest BCUT2D eigenvalue weighted by atomic mass is 10.2. The molecule has 23 heavy (non-hydrogen) atoms. The summed E-state index contributed by atoms with van der Waals surface area (Å²) in [5.74, 6) is 1.89. The molecule has 3 N–H and O–H groups in total. The molecule has 0 saturated carbocycles. The van der Waals surface area contributed by atoms with Gasteiger partial charge < -0.3 is 5.73 Å². The third kappa shape index (κ3) is 6.71. The van der Waals surface area contributed by atoms with Crippen LogP contribution >= 0.6 is 23.4 Å². The van der Waals surface area contributed by atoms with Crippen LogP contribution in [0.15, 0.2) is 58.8 Å². The number of benzene rings is 1. The summed E-state index contributed by atoms with van der Waals surface area (Å²) in [4.78, 5) is 8.44. The van der Waals surface area contributed by atoms with E-state index in [0.29, 0.717) is 17.5 Å². The predicted molar refractivity (Wildman–Crippen MR) is 99.1 cm³/mol.